The molecule has 0 amide bonds. The van der Waals surface area contributed by atoms with Gasteiger partial charge in [0.25, 0.3) is 0 Å². The molecule has 1 saturated heterocycles. The molecule has 0 aromatic rings. The van der Waals surface area contributed by atoms with E-state index in [0.29, 0.717) is 0 Å². The second-order valence-electron chi connectivity index (χ2n) is 3.37. The number of nitrogens with zero attached hydrogens (tertiary/aromatic N) is 1. The summed E-state index contributed by atoms with van der Waals surface area (Å²) < 4.78 is 0. The minimum Gasteiger partial charge on any atom is -0.314 e. The number of hydrogen-bond donors (Lipinski definition) is 1. The SMILES string of the molecule is C1CC(N2CCNCC2)C1.Cl.Cl. The summed E-state index contributed by atoms with van der Waals surface area (Å²) >= 11 is 0. The van der Waals surface area contributed by atoms with Crippen LogP contribution in [0.4, 0.5) is 0 Å². The topological polar surface area (TPSA) is 15.3 Å². The van der Waals surface area contributed by atoms with E-state index in [4.69, 9.17) is 0 Å². The molecule has 0 radical (unpaired) electrons. The molecular weight excluding hydrogens is 195 g/mol. The highest BCUT2D eigenvalue weighted by molar-refractivity contribution is 5.85. The van der Waals surface area contributed by atoms with Crippen LogP contribution in [0.2, 0.25) is 0 Å². The van der Waals surface area contributed by atoms with E-state index in [1.54, 1.807) is 0 Å². The molecule has 0 bridgehead atoms. The molecule has 2 aliphatic rings. The first kappa shape index (κ1) is 12.5. The summed E-state index contributed by atoms with van der Waals surface area (Å²) in [4.78, 5) is 2.64. The van der Waals surface area contributed by atoms with Gasteiger partial charge in [0.2, 0.25) is 0 Å². The lowest BCUT2D eigenvalue weighted by atomic mass is 9.91. The molecule has 0 spiro atoms. The molecule has 1 N–H and O–H groups in total. The third-order valence-corrected chi connectivity index (χ3v) is 2.74. The van der Waals surface area contributed by atoms with Gasteiger partial charge in [-0.3, -0.25) is 4.90 Å². The first-order valence-electron chi connectivity index (χ1n) is 4.41. The van der Waals surface area contributed by atoms with E-state index in [-0.39, 0.29) is 24.8 Å². The van der Waals surface area contributed by atoms with Crippen LogP contribution in [0.3, 0.4) is 0 Å². The number of nitrogens with one attached hydrogen (secondary N) is 1. The van der Waals surface area contributed by atoms with Crippen molar-refractivity contribution in [2.45, 2.75) is 25.3 Å². The summed E-state index contributed by atoms with van der Waals surface area (Å²) in [6.45, 7) is 4.97. The Labute approximate surface area is 86.9 Å². The Morgan fingerprint density at radius 1 is 1.00 bits per heavy atom. The Hall–Kier alpha value is 0.500. The molecule has 1 saturated carbocycles. The van der Waals surface area contributed by atoms with Crippen molar-refractivity contribution in [3.05, 3.63) is 0 Å². The van der Waals surface area contributed by atoms with Crippen molar-refractivity contribution in [3.8, 4) is 0 Å². The van der Waals surface area contributed by atoms with Crippen LogP contribution in [0, 0.1) is 0 Å². The number of piperazine rings is 1. The third-order valence-electron chi connectivity index (χ3n) is 2.74. The molecule has 74 valence electrons. The van der Waals surface area contributed by atoms with Crippen LogP contribution >= 0.6 is 24.8 Å². The first-order valence-corrected chi connectivity index (χ1v) is 4.41. The van der Waals surface area contributed by atoms with E-state index in [1.807, 2.05) is 0 Å². The van der Waals surface area contributed by atoms with Gasteiger partial charge in [-0.05, 0) is 12.8 Å². The molecule has 0 atom stereocenters. The molecule has 2 nitrogen and oxygen atoms in total. The molecule has 1 aliphatic carbocycles. The quantitative estimate of drug-likeness (QED) is 0.706. The monoisotopic (exact) mass is 212 g/mol. The van der Waals surface area contributed by atoms with Crippen molar-refractivity contribution < 1.29 is 0 Å². The molecule has 4 heteroatoms. The average molecular weight is 213 g/mol. The predicted molar refractivity (Wildman–Crippen MR) is 56.6 cm³/mol. The van der Waals surface area contributed by atoms with Gasteiger partial charge in [0.15, 0.2) is 0 Å². The smallest absolute Gasteiger partial charge is 0.0110 e. The largest absolute Gasteiger partial charge is 0.314 e. The van der Waals surface area contributed by atoms with Crippen LogP contribution in [0.5, 0.6) is 0 Å². The van der Waals surface area contributed by atoms with E-state index in [9.17, 15) is 0 Å². The third kappa shape index (κ3) is 2.77. The maximum absolute atomic E-state index is 3.38. The highest BCUT2D eigenvalue weighted by Gasteiger charge is 2.25. The van der Waals surface area contributed by atoms with Gasteiger partial charge in [0.05, 0.1) is 0 Å². The van der Waals surface area contributed by atoms with Gasteiger partial charge in [-0.15, -0.1) is 24.8 Å². The predicted octanol–water partition coefficient (Wildman–Crippen LogP) is 1.29. The van der Waals surface area contributed by atoms with Crippen molar-refractivity contribution >= 4 is 24.8 Å². The Balaban J connectivity index is 0.000000605. The van der Waals surface area contributed by atoms with Gasteiger partial charge in [0.1, 0.15) is 0 Å². The fourth-order valence-electron chi connectivity index (χ4n) is 1.80. The minimum absolute atomic E-state index is 0. The van der Waals surface area contributed by atoms with Crippen molar-refractivity contribution in [1.29, 1.82) is 0 Å². The summed E-state index contributed by atoms with van der Waals surface area (Å²) in [5.74, 6) is 0. The second-order valence-corrected chi connectivity index (χ2v) is 3.37. The van der Waals surface area contributed by atoms with Crippen molar-refractivity contribution in [1.82, 2.24) is 10.2 Å². The number of halogens is 2. The van der Waals surface area contributed by atoms with Crippen LogP contribution in [0.15, 0.2) is 0 Å². The van der Waals surface area contributed by atoms with Crippen LogP contribution < -0.4 is 5.32 Å². The van der Waals surface area contributed by atoms with E-state index >= 15 is 0 Å². The van der Waals surface area contributed by atoms with Crippen molar-refractivity contribution in [2.24, 2.45) is 0 Å². The molecule has 1 aliphatic heterocycles. The lowest BCUT2D eigenvalue weighted by Gasteiger charge is -2.39. The first-order chi connectivity index (χ1) is 4.97. The highest BCUT2D eigenvalue weighted by Crippen LogP contribution is 2.24. The Morgan fingerprint density at radius 2 is 1.58 bits per heavy atom. The van der Waals surface area contributed by atoms with Crippen LogP contribution in [-0.4, -0.2) is 37.1 Å². The summed E-state index contributed by atoms with van der Waals surface area (Å²) in [6, 6.07) is 0.960. The van der Waals surface area contributed by atoms with E-state index in [2.05, 4.69) is 10.2 Å². The normalized spacial score (nSPS) is 25.0. The zero-order valence-corrected chi connectivity index (χ0v) is 8.92. The van der Waals surface area contributed by atoms with Gasteiger partial charge < -0.3 is 5.32 Å². The molecule has 12 heavy (non-hydrogen) atoms. The highest BCUT2D eigenvalue weighted by atomic mass is 35.5. The molecule has 0 unspecified atom stereocenters. The van der Waals surface area contributed by atoms with E-state index in [0.717, 1.165) is 6.04 Å². The standard InChI is InChI=1S/C8H16N2.2ClH/c1-2-8(3-1)10-6-4-9-5-7-10;;/h8-9H,1-7H2;2*1H. The van der Waals surface area contributed by atoms with Gasteiger partial charge in [0, 0.05) is 32.2 Å². The zero-order chi connectivity index (χ0) is 6.81. The second kappa shape index (κ2) is 6.03. The molecule has 2 rings (SSSR count). The number of rotatable bonds is 1. The van der Waals surface area contributed by atoms with Crippen LogP contribution in [0.1, 0.15) is 19.3 Å². The van der Waals surface area contributed by atoms with Gasteiger partial charge in [-0.1, -0.05) is 6.42 Å². The minimum atomic E-state index is 0. The van der Waals surface area contributed by atoms with Gasteiger partial charge >= 0.3 is 0 Å². The molecule has 1 heterocycles. The lowest BCUT2D eigenvalue weighted by Crippen LogP contribution is -2.50. The van der Waals surface area contributed by atoms with Crippen molar-refractivity contribution in [2.75, 3.05) is 26.2 Å². The van der Waals surface area contributed by atoms with Gasteiger partial charge in [-0.2, -0.15) is 0 Å². The number of hydrogen-bond acceptors (Lipinski definition) is 2. The van der Waals surface area contributed by atoms with Crippen LogP contribution in [-0.2, 0) is 0 Å². The Morgan fingerprint density at radius 3 is 2.00 bits per heavy atom. The summed E-state index contributed by atoms with van der Waals surface area (Å²) in [6.07, 6.45) is 4.38. The molecular formula is C8H18Cl2N2. The summed E-state index contributed by atoms with van der Waals surface area (Å²) in [7, 11) is 0. The fourth-order valence-corrected chi connectivity index (χ4v) is 1.80. The average Bonchev–Trinajstić information content (AvgIpc) is 1.86. The summed E-state index contributed by atoms with van der Waals surface area (Å²) in [5, 5.41) is 3.38. The van der Waals surface area contributed by atoms with E-state index < -0.39 is 0 Å². The van der Waals surface area contributed by atoms with Crippen molar-refractivity contribution in [3.63, 3.8) is 0 Å². The zero-order valence-electron chi connectivity index (χ0n) is 7.29. The maximum Gasteiger partial charge on any atom is 0.0110 e. The van der Waals surface area contributed by atoms with Crippen LogP contribution in [0.25, 0.3) is 0 Å². The molecule has 2 fully saturated rings. The lowest BCUT2D eigenvalue weighted by molar-refractivity contribution is 0.112. The maximum atomic E-state index is 3.38. The Kier molecular flexibility index (Phi) is 6.28. The van der Waals surface area contributed by atoms with Gasteiger partial charge in [-0.25, -0.2) is 0 Å². The Bertz CT molecular complexity index is 112. The molecule has 0 aromatic heterocycles. The summed E-state index contributed by atoms with van der Waals surface area (Å²) in [5.41, 5.74) is 0. The molecule has 0 aromatic carbocycles. The van der Waals surface area contributed by atoms with E-state index in [1.165, 1.54) is 45.4 Å². The fraction of sp³-hybridized carbons (Fsp3) is 1.00.